The van der Waals surface area contributed by atoms with Crippen LogP contribution in [0.25, 0.3) is 0 Å². The quantitative estimate of drug-likeness (QED) is 0.863. The lowest BCUT2D eigenvalue weighted by Gasteiger charge is -2.39. The second kappa shape index (κ2) is 7.60. The van der Waals surface area contributed by atoms with Crippen LogP contribution in [0.1, 0.15) is 57.4 Å². The minimum atomic E-state index is -0.696. The molecular weight excluding hydrogens is 262 g/mol. The highest BCUT2D eigenvalue weighted by atomic mass is 16.4. The van der Waals surface area contributed by atoms with Gasteiger partial charge in [0.2, 0.25) is 0 Å². The standard InChI is InChI=1S/C18H27NO2/c1-14(2)19(13-12-18(20)21)17-10-8-16(9-11-17)15-6-4-3-5-7-15/h3-7,14,16-17H,8-13H2,1-2H3,(H,20,21). The number of benzene rings is 1. The average molecular weight is 289 g/mol. The minimum absolute atomic E-state index is 0.247. The summed E-state index contributed by atoms with van der Waals surface area (Å²) in [6.45, 7) is 5.02. The number of rotatable bonds is 6. The van der Waals surface area contributed by atoms with Crippen LogP contribution >= 0.6 is 0 Å². The fourth-order valence-electron chi connectivity index (χ4n) is 3.55. The fourth-order valence-corrected chi connectivity index (χ4v) is 3.55. The first-order valence-corrected chi connectivity index (χ1v) is 8.10. The Morgan fingerprint density at radius 1 is 1.19 bits per heavy atom. The Balaban J connectivity index is 1.90. The molecule has 0 amide bonds. The van der Waals surface area contributed by atoms with Crippen molar-refractivity contribution < 1.29 is 9.90 Å². The summed E-state index contributed by atoms with van der Waals surface area (Å²) in [6.07, 6.45) is 5.03. The number of carboxylic acid groups (broad SMARTS) is 1. The number of hydrogen-bond donors (Lipinski definition) is 1. The van der Waals surface area contributed by atoms with Gasteiger partial charge in [0.25, 0.3) is 0 Å². The Morgan fingerprint density at radius 3 is 2.33 bits per heavy atom. The van der Waals surface area contributed by atoms with Crippen molar-refractivity contribution in [3.05, 3.63) is 35.9 Å². The zero-order valence-electron chi connectivity index (χ0n) is 13.2. The van der Waals surface area contributed by atoms with Crippen molar-refractivity contribution >= 4 is 5.97 Å². The van der Waals surface area contributed by atoms with Crippen molar-refractivity contribution in [2.75, 3.05) is 6.54 Å². The first-order valence-electron chi connectivity index (χ1n) is 8.10. The van der Waals surface area contributed by atoms with Crippen molar-refractivity contribution in [2.24, 2.45) is 0 Å². The Kier molecular flexibility index (Phi) is 5.80. The Morgan fingerprint density at radius 2 is 1.81 bits per heavy atom. The Bertz CT molecular complexity index is 436. The molecule has 0 radical (unpaired) electrons. The first-order chi connectivity index (χ1) is 10.1. The highest BCUT2D eigenvalue weighted by Gasteiger charge is 2.28. The summed E-state index contributed by atoms with van der Waals surface area (Å²) in [7, 11) is 0. The summed E-state index contributed by atoms with van der Waals surface area (Å²) in [5.41, 5.74) is 1.46. The molecule has 3 nitrogen and oxygen atoms in total. The third-order valence-electron chi connectivity index (χ3n) is 4.68. The molecule has 21 heavy (non-hydrogen) atoms. The second-order valence-electron chi connectivity index (χ2n) is 6.39. The SMILES string of the molecule is CC(C)N(CCC(=O)O)C1CCC(c2ccccc2)CC1. The molecule has 0 unspecified atom stereocenters. The molecule has 0 bridgehead atoms. The summed E-state index contributed by atoms with van der Waals surface area (Å²) >= 11 is 0. The summed E-state index contributed by atoms with van der Waals surface area (Å²) in [4.78, 5) is 13.2. The van der Waals surface area contributed by atoms with E-state index >= 15 is 0 Å². The van der Waals surface area contributed by atoms with Crippen LogP contribution in [-0.4, -0.2) is 34.6 Å². The maximum absolute atomic E-state index is 10.8. The van der Waals surface area contributed by atoms with Crippen LogP contribution in [0.3, 0.4) is 0 Å². The zero-order valence-corrected chi connectivity index (χ0v) is 13.2. The number of hydrogen-bond acceptors (Lipinski definition) is 2. The van der Waals surface area contributed by atoms with Gasteiger partial charge in [-0.3, -0.25) is 9.69 Å². The number of nitrogens with zero attached hydrogens (tertiary/aromatic N) is 1. The van der Waals surface area contributed by atoms with E-state index in [0.717, 1.165) is 0 Å². The van der Waals surface area contributed by atoms with Crippen molar-refractivity contribution in [2.45, 2.75) is 64.0 Å². The highest BCUT2D eigenvalue weighted by molar-refractivity contribution is 5.66. The molecule has 1 N–H and O–H groups in total. The molecule has 0 aromatic heterocycles. The van der Waals surface area contributed by atoms with Crippen LogP contribution in [-0.2, 0) is 4.79 Å². The zero-order chi connectivity index (χ0) is 15.2. The van der Waals surface area contributed by atoms with E-state index in [1.54, 1.807) is 0 Å². The third-order valence-corrected chi connectivity index (χ3v) is 4.68. The Labute approximate surface area is 128 Å². The maximum Gasteiger partial charge on any atom is 0.304 e. The largest absolute Gasteiger partial charge is 0.481 e. The molecule has 1 aromatic rings. The van der Waals surface area contributed by atoms with Gasteiger partial charge in [-0.1, -0.05) is 30.3 Å². The lowest BCUT2D eigenvalue weighted by Crippen LogP contribution is -2.43. The lowest BCUT2D eigenvalue weighted by molar-refractivity contribution is -0.137. The summed E-state index contributed by atoms with van der Waals surface area (Å²) in [5.74, 6) is -0.0189. The van der Waals surface area contributed by atoms with E-state index in [1.807, 2.05) is 0 Å². The highest BCUT2D eigenvalue weighted by Crippen LogP contribution is 2.35. The molecule has 0 aliphatic heterocycles. The van der Waals surface area contributed by atoms with Crippen LogP contribution < -0.4 is 0 Å². The van der Waals surface area contributed by atoms with Gasteiger partial charge >= 0.3 is 5.97 Å². The van der Waals surface area contributed by atoms with Gasteiger partial charge in [0.15, 0.2) is 0 Å². The summed E-state index contributed by atoms with van der Waals surface area (Å²) in [6, 6.07) is 11.7. The van der Waals surface area contributed by atoms with Gasteiger partial charge in [0.05, 0.1) is 6.42 Å². The molecule has 1 aliphatic rings. The van der Waals surface area contributed by atoms with Crippen molar-refractivity contribution in [1.29, 1.82) is 0 Å². The van der Waals surface area contributed by atoms with E-state index < -0.39 is 5.97 Å². The molecule has 1 aromatic carbocycles. The van der Waals surface area contributed by atoms with Crippen LogP contribution in [0.5, 0.6) is 0 Å². The molecule has 0 saturated heterocycles. The van der Waals surface area contributed by atoms with E-state index in [4.69, 9.17) is 5.11 Å². The normalized spacial score (nSPS) is 22.7. The fraction of sp³-hybridized carbons (Fsp3) is 0.611. The molecule has 1 fully saturated rings. The summed E-state index contributed by atoms with van der Waals surface area (Å²) in [5, 5.41) is 8.91. The van der Waals surface area contributed by atoms with Crippen molar-refractivity contribution in [3.8, 4) is 0 Å². The number of carboxylic acids is 1. The van der Waals surface area contributed by atoms with Crippen LogP contribution in [0.15, 0.2) is 30.3 Å². The molecular formula is C18H27NO2. The molecule has 116 valence electrons. The van der Waals surface area contributed by atoms with E-state index in [9.17, 15) is 4.79 Å². The Hall–Kier alpha value is -1.35. The molecule has 0 atom stereocenters. The number of carbonyl (C=O) groups is 1. The van der Waals surface area contributed by atoms with Gasteiger partial charge in [-0.05, 0) is 51.0 Å². The van der Waals surface area contributed by atoms with E-state index in [2.05, 4.69) is 49.1 Å². The molecule has 1 saturated carbocycles. The van der Waals surface area contributed by atoms with Crippen molar-refractivity contribution in [1.82, 2.24) is 4.90 Å². The van der Waals surface area contributed by atoms with Crippen LogP contribution in [0, 0.1) is 0 Å². The smallest absolute Gasteiger partial charge is 0.304 e. The molecule has 3 heteroatoms. The monoisotopic (exact) mass is 289 g/mol. The molecule has 1 aliphatic carbocycles. The predicted octanol–water partition coefficient (Wildman–Crippen LogP) is 3.90. The molecule has 2 rings (SSSR count). The third kappa shape index (κ3) is 4.57. The van der Waals surface area contributed by atoms with Gasteiger partial charge in [0.1, 0.15) is 0 Å². The van der Waals surface area contributed by atoms with Gasteiger partial charge in [-0.15, -0.1) is 0 Å². The van der Waals surface area contributed by atoms with Crippen molar-refractivity contribution in [3.63, 3.8) is 0 Å². The first kappa shape index (κ1) is 16.0. The van der Waals surface area contributed by atoms with Crippen LogP contribution in [0.2, 0.25) is 0 Å². The predicted molar refractivity (Wildman–Crippen MR) is 85.5 cm³/mol. The maximum atomic E-state index is 10.8. The van der Waals surface area contributed by atoms with Gasteiger partial charge < -0.3 is 5.11 Å². The molecule has 0 spiro atoms. The second-order valence-corrected chi connectivity index (χ2v) is 6.39. The van der Waals surface area contributed by atoms with E-state index in [0.29, 0.717) is 24.5 Å². The average Bonchev–Trinajstić information content (AvgIpc) is 2.48. The van der Waals surface area contributed by atoms with Gasteiger partial charge in [-0.25, -0.2) is 0 Å². The van der Waals surface area contributed by atoms with Gasteiger partial charge in [-0.2, -0.15) is 0 Å². The van der Waals surface area contributed by atoms with E-state index in [1.165, 1.54) is 31.2 Å². The molecule has 0 heterocycles. The van der Waals surface area contributed by atoms with E-state index in [-0.39, 0.29) is 6.42 Å². The summed E-state index contributed by atoms with van der Waals surface area (Å²) < 4.78 is 0. The van der Waals surface area contributed by atoms with Gasteiger partial charge in [0, 0.05) is 18.6 Å². The van der Waals surface area contributed by atoms with Crippen LogP contribution in [0.4, 0.5) is 0 Å². The lowest BCUT2D eigenvalue weighted by atomic mass is 9.81. The minimum Gasteiger partial charge on any atom is -0.481 e. The number of aliphatic carboxylic acids is 1. The topological polar surface area (TPSA) is 40.5 Å².